The van der Waals surface area contributed by atoms with Gasteiger partial charge in [0, 0.05) is 0 Å². The van der Waals surface area contributed by atoms with E-state index in [1.807, 2.05) is 0 Å². The van der Waals surface area contributed by atoms with Crippen LogP contribution in [0.4, 0.5) is 0 Å². The molecule has 0 N–H and O–H groups in total. The van der Waals surface area contributed by atoms with Gasteiger partial charge in [0.05, 0.1) is 0 Å². The van der Waals surface area contributed by atoms with Gasteiger partial charge in [-0.25, -0.2) is 0 Å². The van der Waals surface area contributed by atoms with Gasteiger partial charge in [-0.1, -0.05) is 0 Å². The van der Waals surface area contributed by atoms with Gasteiger partial charge in [-0.2, -0.15) is 0 Å². The third-order valence-corrected chi connectivity index (χ3v) is 0. The molecule has 0 aliphatic carbocycles. The quantitative estimate of drug-likeness (QED) is 0.438. The molecular weight excluding hydrogens is 264 g/mol. The van der Waals surface area contributed by atoms with E-state index in [4.69, 9.17) is 0 Å². The van der Waals surface area contributed by atoms with Gasteiger partial charge in [-0.05, 0) is 0 Å². The Morgan fingerprint density at radius 2 is 1.25 bits per heavy atom. The molecule has 0 nitrogen and oxygen atoms in total. The summed E-state index contributed by atoms with van der Waals surface area (Å²) in [6.45, 7) is 0. The van der Waals surface area contributed by atoms with Crippen LogP contribution in [-0.2, 0) is 0 Å². The molecule has 0 saturated heterocycles. The largest absolute Gasteiger partial charge is 1.00 e. The summed E-state index contributed by atoms with van der Waals surface area (Å²) in [5.74, 6) is 0. The zero-order valence-corrected chi connectivity index (χ0v) is 8.20. The Bertz CT molecular complexity index is 6.00. The first kappa shape index (κ1) is 8.96. The number of hydrogen-bond donors (Lipinski definition) is 0. The van der Waals surface area contributed by atoms with E-state index in [1.165, 1.54) is 0 Å². The van der Waals surface area contributed by atoms with Gasteiger partial charge in [0.1, 0.15) is 0 Å². The molecule has 0 bridgehead atoms. The van der Waals surface area contributed by atoms with E-state index in [2.05, 4.69) is 8.97 Å². The van der Waals surface area contributed by atoms with Crippen molar-refractivity contribution in [2.75, 3.05) is 0 Å². The molecule has 0 saturated carbocycles. The van der Waals surface area contributed by atoms with Gasteiger partial charge in [-0.15, -0.1) is 0 Å². The fourth-order valence-electron chi connectivity index (χ4n) is 0. The fraction of sp³-hybridized carbons (Fsp3) is 1.00. The third kappa shape index (κ3) is 10.7. The second-order valence-corrected chi connectivity index (χ2v) is 5.07. The molecule has 0 aromatic rings. The molecule has 0 rings (SSSR count). The van der Waals surface area contributed by atoms with E-state index < -0.39 is 0 Å². The van der Waals surface area contributed by atoms with Crippen molar-refractivity contribution in [2.24, 2.45) is 0 Å². The van der Waals surface area contributed by atoms with E-state index in [0.717, 1.165) is 0 Å². The summed E-state index contributed by atoms with van der Waals surface area (Å²) in [5.41, 5.74) is 0. The summed E-state index contributed by atoms with van der Waals surface area (Å²) in [7, 11) is 0. The second kappa shape index (κ2) is 8.88. The Labute approximate surface area is 45.6 Å². The molecule has 2 heteroatoms. The van der Waals surface area contributed by atoms with E-state index in [0.29, 0.717) is 0 Å². The Kier molecular flexibility index (Phi) is 19.9. The van der Waals surface area contributed by atoms with Crippen LogP contribution in [0.5, 0.6) is 0 Å². The molecule has 0 fully saturated rings. The molecule has 0 aliphatic heterocycles. The van der Waals surface area contributed by atoms with Crippen molar-refractivity contribution in [1.29, 1.82) is 0 Å². The van der Waals surface area contributed by atoms with E-state index in [9.17, 15) is 0 Å². The van der Waals surface area contributed by atoms with Crippen molar-refractivity contribution in [1.82, 2.24) is 0 Å². The van der Waals surface area contributed by atoms with Crippen LogP contribution in [0.3, 0.4) is 0 Å². The van der Waals surface area contributed by atoms with Gasteiger partial charge in [0.2, 0.25) is 0 Å². The zero-order chi connectivity index (χ0) is 2.71. The summed E-state index contributed by atoms with van der Waals surface area (Å²) in [4.78, 5) is 0. The Hall–Kier alpha value is 1.21. The molecule has 0 amide bonds. The van der Waals surface area contributed by atoms with Gasteiger partial charge in [0.15, 0.2) is 0 Å². The van der Waals surface area contributed by atoms with Crippen LogP contribution in [0.25, 0.3) is 0 Å². The predicted octanol–water partition coefficient (Wildman–Crippen LogP) is -2.21. The standard InChI is InChI=1S/2CH3.ClH.Tl/h2*1H3;1H;/q;;;+1/p-1. The molecule has 4 heavy (non-hydrogen) atoms. The van der Waals surface area contributed by atoms with Crippen molar-refractivity contribution in [3.63, 3.8) is 0 Å². The van der Waals surface area contributed by atoms with Crippen molar-refractivity contribution < 1.29 is 12.4 Å². The van der Waals surface area contributed by atoms with E-state index in [1.54, 1.807) is 0 Å². The molecule has 0 aliphatic rings. The van der Waals surface area contributed by atoms with Crippen LogP contribution in [0, 0.1) is 0 Å². The van der Waals surface area contributed by atoms with Gasteiger partial charge < -0.3 is 12.4 Å². The molecule has 24 valence electrons. The van der Waals surface area contributed by atoms with E-state index in [-0.39, 0.29) is 36.6 Å². The van der Waals surface area contributed by atoms with Crippen molar-refractivity contribution in [3.05, 3.63) is 0 Å². The van der Waals surface area contributed by atoms with Gasteiger partial charge in [-0.3, -0.25) is 0 Å². The van der Waals surface area contributed by atoms with Crippen molar-refractivity contribution in [2.45, 2.75) is 8.97 Å². The maximum Gasteiger partial charge on any atom is -1.00 e. The molecule has 0 unspecified atom stereocenters. The Morgan fingerprint density at radius 1 is 1.25 bits per heavy atom. The van der Waals surface area contributed by atoms with Crippen LogP contribution < -0.4 is 12.4 Å². The molecule has 0 heterocycles. The smallest absolute Gasteiger partial charge is 1.00 e. The van der Waals surface area contributed by atoms with Crippen molar-refractivity contribution >= 4 is 24.2 Å². The number of rotatable bonds is 0. The molecule has 0 radical (unpaired) electrons. The van der Waals surface area contributed by atoms with Gasteiger partial charge in [0.25, 0.3) is 0 Å². The Morgan fingerprint density at radius 3 is 1.25 bits per heavy atom. The monoisotopic (exact) mass is 270 g/mol. The minimum atomic E-state index is -0.000000000000000111. The van der Waals surface area contributed by atoms with Crippen LogP contribution in [0.15, 0.2) is 0 Å². The summed E-state index contributed by atoms with van der Waals surface area (Å²) >= 11 is -0.000000000000000111. The maximum atomic E-state index is 2.33. The molecular formula is C2H6ClTl. The molecule has 0 aromatic carbocycles. The first-order valence-electron chi connectivity index (χ1n) is 1.15. The first-order chi connectivity index (χ1) is 1.41. The average Bonchev–Trinajstić information content (AvgIpc) is 0.918. The normalized spacial score (nSPS) is 2.50. The molecule has 0 spiro atoms. The SMILES string of the molecule is [CH3][Tl+][CH3].[Cl-]. The van der Waals surface area contributed by atoms with Crippen molar-refractivity contribution in [3.8, 4) is 0 Å². The Balaban J connectivity index is 0. The van der Waals surface area contributed by atoms with Crippen LogP contribution in [0.2, 0.25) is 8.97 Å². The number of halogens is 1. The minimum Gasteiger partial charge on any atom is -1.00 e. The average molecular weight is 270 g/mol. The van der Waals surface area contributed by atoms with Crippen LogP contribution in [0.1, 0.15) is 0 Å². The summed E-state index contributed by atoms with van der Waals surface area (Å²) in [6.07, 6.45) is 0. The molecule has 0 atom stereocenters. The summed E-state index contributed by atoms with van der Waals surface area (Å²) in [5, 5.41) is 0. The van der Waals surface area contributed by atoms with Crippen LogP contribution in [-0.4, -0.2) is 24.2 Å². The maximum absolute atomic E-state index is 2.33. The zero-order valence-electron chi connectivity index (χ0n) is 2.96. The first-order valence-corrected chi connectivity index (χ1v) is 10.1. The van der Waals surface area contributed by atoms with Crippen LogP contribution >= 0.6 is 0 Å². The third-order valence-electron chi connectivity index (χ3n) is 0. The summed E-state index contributed by atoms with van der Waals surface area (Å²) in [6, 6.07) is 0. The number of hydrogen-bond acceptors (Lipinski definition) is 0. The molecule has 0 aromatic heterocycles. The van der Waals surface area contributed by atoms with Gasteiger partial charge >= 0.3 is 33.2 Å². The summed E-state index contributed by atoms with van der Waals surface area (Å²) < 4.78 is 4.67. The topological polar surface area (TPSA) is 0 Å². The minimum absolute atomic E-state index is 0. The van der Waals surface area contributed by atoms with E-state index >= 15 is 0 Å². The second-order valence-electron chi connectivity index (χ2n) is 0.577. The fourth-order valence-corrected chi connectivity index (χ4v) is 0. The predicted molar refractivity (Wildman–Crippen MR) is 17.5 cm³/mol.